The van der Waals surface area contributed by atoms with Crippen LogP contribution >= 0.6 is 7.82 Å². The van der Waals surface area contributed by atoms with Gasteiger partial charge in [-0.05, 0) is 12.8 Å². The molecule has 0 spiro atoms. The number of aliphatic hydroxyl groups excluding tert-OH is 1. The SMILES string of the molecule is CCCCCCCCCCCCC(O)OC[C@H](COP(=O)(O)OCC[N+](C)(C)C)OC(=O)CC. The molecular weight excluding hydrogens is 461 g/mol. The van der Waals surface area contributed by atoms with Crippen molar-refractivity contribution >= 4 is 13.8 Å². The fourth-order valence-electron chi connectivity index (χ4n) is 3.14. The number of nitrogens with zero attached hydrogens (tertiary/aromatic N) is 1. The Balaban J connectivity index is 4.17. The number of rotatable bonds is 23. The maximum Gasteiger partial charge on any atom is 0.472 e. The summed E-state index contributed by atoms with van der Waals surface area (Å²) in [4.78, 5) is 21.5. The number of unbranched alkanes of at least 4 members (excludes halogenated alkanes) is 9. The Morgan fingerprint density at radius 1 is 0.882 bits per heavy atom. The minimum atomic E-state index is -4.29. The van der Waals surface area contributed by atoms with Crippen LogP contribution in [-0.2, 0) is 27.9 Å². The first-order chi connectivity index (χ1) is 16.0. The zero-order chi connectivity index (χ0) is 25.9. The minimum Gasteiger partial charge on any atom is -0.457 e. The van der Waals surface area contributed by atoms with Crippen molar-refractivity contribution in [2.24, 2.45) is 0 Å². The molecule has 0 aliphatic carbocycles. The van der Waals surface area contributed by atoms with Crippen LogP contribution in [0.1, 0.15) is 90.9 Å². The highest BCUT2D eigenvalue weighted by molar-refractivity contribution is 7.47. The topological polar surface area (TPSA) is 112 Å². The van der Waals surface area contributed by atoms with Gasteiger partial charge in [-0.1, -0.05) is 71.6 Å². The number of aliphatic hydroxyl groups is 1. The summed E-state index contributed by atoms with van der Waals surface area (Å²) in [5, 5.41) is 10.1. The lowest BCUT2D eigenvalue weighted by Gasteiger charge is -2.24. The van der Waals surface area contributed by atoms with Gasteiger partial charge in [0.05, 0.1) is 34.4 Å². The van der Waals surface area contributed by atoms with Crippen molar-refractivity contribution in [2.45, 2.75) is 103 Å². The molecule has 0 saturated heterocycles. The van der Waals surface area contributed by atoms with Crippen molar-refractivity contribution in [1.82, 2.24) is 0 Å². The first-order valence-electron chi connectivity index (χ1n) is 12.9. The van der Waals surface area contributed by atoms with Crippen LogP contribution in [0.3, 0.4) is 0 Å². The molecule has 0 amide bonds. The maximum atomic E-state index is 12.1. The van der Waals surface area contributed by atoms with Crippen LogP contribution in [0, 0.1) is 0 Å². The van der Waals surface area contributed by atoms with E-state index in [1.54, 1.807) is 6.92 Å². The summed E-state index contributed by atoms with van der Waals surface area (Å²) >= 11 is 0. The summed E-state index contributed by atoms with van der Waals surface area (Å²) in [6, 6.07) is 0. The highest BCUT2D eigenvalue weighted by atomic mass is 31.2. The molecule has 0 bridgehead atoms. The van der Waals surface area contributed by atoms with Gasteiger partial charge >= 0.3 is 13.8 Å². The smallest absolute Gasteiger partial charge is 0.457 e. The van der Waals surface area contributed by atoms with Gasteiger partial charge in [0.15, 0.2) is 6.29 Å². The molecule has 0 aromatic heterocycles. The Morgan fingerprint density at radius 2 is 1.44 bits per heavy atom. The molecule has 0 radical (unpaired) electrons. The molecule has 0 saturated carbocycles. The van der Waals surface area contributed by atoms with Gasteiger partial charge in [-0.2, -0.15) is 0 Å². The summed E-state index contributed by atoms with van der Waals surface area (Å²) in [6.45, 7) is 3.94. The lowest BCUT2D eigenvalue weighted by atomic mass is 10.1. The molecule has 0 aromatic rings. The second-order valence-electron chi connectivity index (χ2n) is 9.84. The molecule has 3 atom stereocenters. The first-order valence-corrected chi connectivity index (χ1v) is 14.4. The molecule has 0 aliphatic rings. The second-order valence-corrected chi connectivity index (χ2v) is 11.3. The second kappa shape index (κ2) is 19.6. The standard InChI is InChI=1S/C24H50NO8P/c1-6-8-9-10-11-12-13-14-15-16-17-24(27)30-20-22(33-23(26)7-2)21-32-34(28,29)31-19-18-25(3,4)5/h22,24,27H,6-21H2,1-5H3/p+1/t22-,24?/m1/s1. The number of phosphoric ester groups is 1. The number of hydrogen-bond donors (Lipinski definition) is 2. The van der Waals surface area contributed by atoms with Crippen LogP contribution in [-0.4, -0.2) is 80.4 Å². The van der Waals surface area contributed by atoms with Crippen molar-refractivity contribution in [2.75, 3.05) is 47.5 Å². The third-order valence-electron chi connectivity index (χ3n) is 5.31. The van der Waals surface area contributed by atoms with Crippen LogP contribution in [0.15, 0.2) is 0 Å². The van der Waals surface area contributed by atoms with Crippen LogP contribution in [0.4, 0.5) is 0 Å². The summed E-state index contributed by atoms with van der Waals surface area (Å²) in [6.07, 6.45) is 10.8. The van der Waals surface area contributed by atoms with Gasteiger partial charge in [0, 0.05) is 6.42 Å². The van der Waals surface area contributed by atoms with Gasteiger partial charge in [-0.3, -0.25) is 13.8 Å². The highest BCUT2D eigenvalue weighted by Gasteiger charge is 2.26. The molecule has 0 heterocycles. The van der Waals surface area contributed by atoms with E-state index < -0.39 is 26.2 Å². The molecule has 34 heavy (non-hydrogen) atoms. The number of carbonyl (C=O) groups is 1. The average Bonchev–Trinajstić information content (AvgIpc) is 2.75. The van der Waals surface area contributed by atoms with Crippen molar-refractivity contribution < 1.29 is 42.4 Å². The van der Waals surface area contributed by atoms with Gasteiger partial charge in [-0.25, -0.2) is 4.57 Å². The zero-order valence-corrected chi connectivity index (χ0v) is 23.1. The monoisotopic (exact) mass is 512 g/mol. The number of phosphoric acid groups is 1. The van der Waals surface area contributed by atoms with Crippen molar-refractivity contribution in [1.29, 1.82) is 0 Å². The Labute approximate surface area is 207 Å². The number of carbonyl (C=O) groups excluding carboxylic acids is 1. The Hall–Kier alpha value is -0.540. The number of hydrogen-bond acceptors (Lipinski definition) is 7. The first kappa shape index (κ1) is 33.5. The Bertz CT molecular complexity index is 556. The van der Waals surface area contributed by atoms with E-state index in [4.69, 9.17) is 18.5 Å². The summed E-state index contributed by atoms with van der Waals surface area (Å²) in [5.74, 6) is -0.486. The third kappa shape index (κ3) is 22.0. The molecule has 0 fully saturated rings. The molecule has 0 aliphatic heterocycles. The van der Waals surface area contributed by atoms with Crippen LogP contribution < -0.4 is 0 Å². The van der Waals surface area contributed by atoms with E-state index >= 15 is 0 Å². The molecular formula is C24H51NO8P+. The molecule has 9 nitrogen and oxygen atoms in total. The lowest BCUT2D eigenvalue weighted by Crippen LogP contribution is -2.37. The van der Waals surface area contributed by atoms with Gasteiger partial charge in [0.25, 0.3) is 0 Å². The van der Waals surface area contributed by atoms with Crippen molar-refractivity contribution in [3.05, 3.63) is 0 Å². The van der Waals surface area contributed by atoms with E-state index in [0.29, 0.717) is 17.4 Å². The molecule has 0 rings (SSSR count). The lowest BCUT2D eigenvalue weighted by molar-refractivity contribution is -0.870. The van der Waals surface area contributed by atoms with E-state index in [1.165, 1.54) is 44.9 Å². The molecule has 0 aromatic carbocycles. The fraction of sp³-hybridized carbons (Fsp3) is 0.958. The van der Waals surface area contributed by atoms with Gasteiger partial charge in [-0.15, -0.1) is 0 Å². The van der Waals surface area contributed by atoms with Crippen LogP contribution in [0.2, 0.25) is 0 Å². The van der Waals surface area contributed by atoms with Gasteiger partial charge in [0.2, 0.25) is 0 Å². The predicted molar refractivity (Wildman–Crippen MR) is 133 cm³/mol. The minimum absolute atomic E-state index is 0.0464. The van der Waals surface area contributed by atoms with Crippen molar-refractivity contribution in [3.8, 4) is 0 Å². The predicted octanol–water partition coefficient (Wildman–Crippen LogP) is 4.79. The number of likely N-dealkylation sites (N-methyl/N-ethyl adjacent to an activating group) is 1. The van der Waals surface area contributed by atoms with Gasteiger partial charge in [0.1, 0.15) is 19.3 Å². The van der Waals surface area contributed by atoms with Crippen LogP contribution in [0.5, 0.6) is 0 Å². The largest absolute Gasteiger partial charge is 0.472 e. The number of esters is 1. The van der Waals surface area contributed by atoms with Gasteiger partial charge < -0.3 is 24.0 Å². The summed E-state index contributed by atoms with van der Waals surface area (Å²) in [5.41, 5.74) is 0. The molecule has 10 heteroatoms. The summed E-state index contributed by atoms with van der Waals surface area (Å²) in [7, 11) is 1.52. The number of quaternary nitrogens is 1. The Morgan fingerprint density at radius 3 is 1.97 bits per heavy atom. The third-order valence-corrected chi connectivity index (χ3v) is 6.29. The van der Waals surface area contributed by atoms with E-state index in [1.807, 2.05) is 21.1 Å². The summed E-state index contributed by atoms with van der Waals surface area (Å²) < 4.78 is 33.2. The molecule has 204 valence electrons. The maximum absolute atomic E-state index is 12.1. The van der Waals surface area contributed by atoms with E-state index in [2.05, 4.69) is 6.92 Å². The van der Waals surface area contributed by atoms with Crippen LogP contribution in [0.25, 0.3) is 0 Å². The van der Waals surface area contributed by atoms with E-state index in [-0.39, 0.29) is 26.2 Å². The zero-order valence-electron chi connectivity index (χ0n) is 22.2. The highest BCUT2D eigenvalue weighted by Crippen LogP contribution is 2.43. The van der Waals surface area contributed by atoms with E-state index in [9.17, 15) is 19.4 Å². The quantitative estimate of drug-likeness (QED) is 0.0661. The van der Waals surface area contributed by atoms with E-state index in [0.717, 1.165) is 19.3 Å². The van der Waals surface area contributed by atoms with Crippen molar-refractivity contribution in [3.63, 3.8) is 0 Å². The average molecular weight is 513 g/mol. The molecule has 2 unspecified atom stereocenters. The normalized spacial score (nSPS) is 15.6. The Kier molecular flexibility index (Phi) is 19.3. The fourth-order valence-corrected chi connectivity index (χ4v) is 3.88. The number of ether oxygens (including phenoxy) is 2. The molecule has 2 N–H and O–H groups in total.